The quantitative estimate of drug-likeness (QED) is 0.420. The van der Waals surface area contributed by atoms with E-state index in [4.69, 9.17) is 0 Å². The predicted octanol–water partition coefficient (Wildman–Crippen LogP) is 1.31. The summed E-state index contributed by atoms with van der Waals surface area (Å²) in [7, 11) is -4.81. The molecule has 0 spiro atoms. The lowest BCUT2D eigenvalue weighted by Gasteiger charge is -1.82. The van der Waals surface area contributed by atoms with Gasteiger partial charge in [-0.05, 0) is 0 Å². The largest absolute Gasteiger partial charge is 0.333 e. The molecule has 0 fully saturated rings. The lowest BCUT2D eigenvalue weighted by atomic mass is 10.6. The molecule has 12 heavy (non-hydrogen) atoms. The monoisotopic (exact) mass is 211 g/mol. The summed E-state index contributed by atoms with van der Waals surface area (Å²) in [6, 6.07) is 0.681. The minimum atomic E-state index is -4.81. The minimum absolute atomic E-state index is 0.397. The molecule has 0 bridgehead atoms. The molecular formula is C4H2FNO4S2. The molecule has 8 heteroatoms. The Morgan fingerprint density at radius 1 is 1.58 bits per heavy atom. The number of nitrogens with zero attached hydrogens (tertiary/aromatic N) is 1. The highest BCUT2D eigenvalue weighted by Gasteiger charge is 2.18. The topological polar surface area (TPSA) is 77.3 Å². The second kappa shape index (κ2) is 2.79. The molecule has 1 aromatic rings. The summed E-state index contributed by atoms with van der Waals surface area (Å²) >= 11 is 0.566. The van der Waals surface area contributed by atoms with Crippen LogP contribution in [0.3, 0.4) is 0 Å². The molecular weight excluding hydrogens is 209 g/mol. The zero-order chi connectivity index (χ0) is 9.35. The first kappa shape index (κ1) is 9.07. The lowest BCUT2D eigenvalue weighted by molar-refractivity contribution is -0.380. The SMILES string of the molecule is O=[N+]([O-])c1cc(S(=O)(=O)F)cs1. The number of rotatable bonds is 2. The van der Waals surface area contributed by atoms with Crippen LogP contribution in [-0.2, 0) is 10.2 Å². The van der Waals surface area contributed by atoms with Gasteiger partial charge in [-0.25, -0.2) is 0 Å². The summed E-state index contributed by atoms with van der Waals surface area (Å²) in [6.45, 7) is 0. The Bertz CT molecular complexity index is 408. The van der Waals surface area contributed by atoms with Crippen LogP contribution in [0.25, 0.3) is 0 Å². The average Bonchev–Trinajstić information content (AvgIpc) is 2.30. The summed E-state index contributed by atoms with van der Waals surface area (Å²) in [6.07, 6.45) is 0. The molecule has 0 N–H and O–H groups in total. The van der Waals surface area contributed by atoms with Gasteiger partial charge in [-0.3, -0.25) is 10.1 Å². The molecule has 0 aliphatic heterocycles. The van der Waals surface area contributed by atoms with Gasteiger partial charge >= 0.3 is 15.2 Å². The van der Waals surface area contributed by atoms with Gasteiger partial charge in [0.05, 0.1) is 4.92 Å². The van der Waals surface area contributed by atoms with E-state index in [1.165, 1.54) is 0 Å². The molecule has 0 aliphatic carbocycles. The Kier molecular flexibility index (Phi) is 2.11. The fraction of sp³-hybridized carbons (Fsp3) is 0. The van der Waals surface area contributed by atoms with E-state index in [1.54, 1.807) is 0 Å². The highest BCUT2D eigenvalue weighted by molar-refractivity contribution is 7.86. The Morgan fingerprint density at radius 3 is 2.42 bits per heavy atom. The first-order valence-electron chi connectivity index (χ1n) is 2.59. The van der Waals surface area contributed by atoms with Crippen LogP contribution in [0.1, 0.15) is 0 Å². The van der Waals surface area contributed by atoms with Gasteiger partial charge in [0, 0.05) is 11.4 Å². The molecule has 0 aromatic carbocycles. The Balaban J connectivity index is 3.17. The number of nitro groups is 1. The molecule has 0 saturated carbocycles. The van der Waals surface area contributed by atoms with Crippen LogP contribution in [0.4, 0.5) is 8.89 Å². The number of hydrogen-bond acceptors (Lipinski definition) is 5. The van der Waals surface area contributed by atoms with E-state index in [2.05, 4.69) is 0 Å². The van der Waals surface area contributed by atoms with Crippen molar-refractivity contribution < 1.29 is 17.2 Å². The summed E-state index contributed by atoms with van der Waals surface area (Å²) in [5.41, 5.74) is 0. The molecule has 0 saturated heterocycles. The van der Waals surface area contributed by atoms with Crippen molar-refractivity contribution in [2.24, 2.45) is 0 Å². The highest BCUT2D eigenvalue weighted by Crippen LogP contribution is 2.26. The lowest BCUT2D eigenvalue weighted by Crippen LogP contribution is -1.88. The molecule has 0 atom stereocenters. The van der Waals surface area contributed by atoms with E-state index in [1.807, 2.05) is 0 Å². The van der Waals surface area contributed by atoms with E-state index in [0.717, 1.165) is 5.38 Å². The molecule has 1 heterocycles. The second-order valence-electron chi connectivity index (χ2n) is 1.82. The van der Waals surface area contributed by atoms with E-state index in [0.29, 0.717) is 17.4 Å². The van der Waals surface area contributed by atoms with Crippen molar-refractivity contribution in [2.75, 3.05) is 0 Å². The van der Waals surface area contributed by atoms with Crippen LogP contribution in [0.2, 0.25) is 0 Å². The van der Waals surface area contributed by atoms with Crippen molar-refractivity contribution in [3.8, 4) is 0 Å². The van der Waals surface area contributed by atoms with Gasteiger partial charge in [0.2, 0.25) is 0 Å². The van der Waals surface area contributed by atoms with E-state index < -0.39 is 25.0 Å². The van der Waals surface area contributed by atoms with Gasteiger partial charge in [0.1, 0.15) is 4.90 Å². The van der Waals surface area contributed by atoms with Gasteiger partial charge in [-0.2, -0.15) is 8.42 Å². The number of hydrogen-bond donors (Lipinski definition) is 0. The third-order valence-electron chi connectivity index (χ3n) is 1.02. The van der Waals surface area contributed by atoms with Crippen molar-refractivity contribution in [1.29, 1.82) is 0 Å². The van der Waals surface area contributed by atoms with Crippen LogP contribution < -0.4 is 0 Å². The number of thiophene rings is 1. The molecule has 5 nitrogen and oxygen atoms in total. The van der Waals surface area contributed by atoms with Crippen LogP contribution in [0, 0.1) is 10.1 Å². The van der Waals surface area contributed by atoms with Crippen molar-refractivity contribution in [3.05, 3.63) is 21.6 Å². The van der Waals surface area contributed by atoms with Crippen LogP contribution in [0.5, 0.6) is 0 Å². The fourth-order valence-corrected chi connectivity index (χ4v) is 2.05. The standard InChI is InChI=1S/C4H2FNO4S2/c5-12(9,10)3-1-4(6(7)8)11-2-3/h1-2H. The van der Waals surface area contributed by atoms with Crippen molar-refractivity contribution >= 4 is 26.6 Å². The maximum atomic E-state index is 12.2. The predicted molar refractivity (Wildman–Crippen MR) is 39.3 cm³/mol. The molecule has 0 aliphatic rings. The fourth-order valence-electron chi connectivity index (χ4n) is 0.532. The maximum Gasteiger partial charge on any atom is 0.333 e. The highest BCUT2D eigenvalue weighted by atomic mass is 32.3. The third-order valence-corrected chi connectivity index (χ3v) is 2.85. The van der Waals surface area contributed by atoms with Crippen molar-refractivity contribution in [3.63, 3.8) is 0 Å². The minimum Gasteiger partial charge on any atom is -0.258 e. The average molecular weight is 211 g/mol. The van der Waals surface area contributed by atoms with Gasteiger partial charge in [0.25, 0.3) is 0 Å². The van der Waals surface area contributed by atoms with Gasteiger partial charge in [-0.15, -0.1) is 3.89 Å². The third kappa shape index (κ3) is 1.77. The van der Waals surface area contributed by atoms with Gasteiger partial charge in [-0.1, -0.05) is 11.3 Å². The van der Waals surface area contributed by atoms with Crippen molar-refractivity contribution in [2.45, 2.75) is 4.90 Å². The smallest absolute Gasteiger partial charge is 0.258 e. The summed E-state index contributed by atoms with van der Waals surface area (Å²) < 4.78 is 32.5. The van der Waals surface area contributed by atoms with E-state index >= 15 is 0 Å². The Hall–Kier alpha value is -1.02. The van der Waals surface area contributed by atoms with E-state index in [9.17, 15) is 22.4 Å². The Morgan fingerprint density at radius 2 is 2.17 bits per heavy atom. The first-order valence-corrected chi connectivity index (χ1v) is 4.85. The Labute approximate surface area is 70.8 Å². The normalized spacial score (nSPS) is 11.4. The van der Waals surface area contributed by atoms with Crippen LogP contribution in [-0.4, -0.2) is 13.3 Å². The van der Waals surface area contributed by atoms with Gasteiger partial charge in [0.15, 0.2) is 0 Å². The molecule has 0 amide bonds. The maximum absolute atomic E-state index is 12.2. The molecule has 0 unspecified atom stereocenters. The van der Waals surface area contributed by atoms with Crippen LogP contribution >= 0.6 is 11.3 Å². The van der Waals surface area contributed by atoms with Gasteiger partial charge < -0.3 is 0 Å². The van der Waals surface area contributed by atoms with Crippen LogP contribution in [0.15, 0.2) is 16.3 Å². The van der Waals surface area contributed by atoms with Crippen molar-refractivity contribution in [1.82, 2.24) is 0 Å². The molecule has 0 radical (unpaired) electrons. The number of halogens is 1. The van der Waals surface area contributed by atoms with E-state index in [-0.39, 0.29) is 0 Å². The summed E-state index contributed by atoms with van der Waals surface area (Å²) in [5, 5.41) is 10.5. The first-order chi connectivity index (χ1) is 5.41. The molecule has 1 rings (SSSR count). The zero-order valence-electron chi connectivity index (χ0n) is 5.43. The second-order valence-corrected chi connectivity index (χ2v) is 4.05. The molecule has 1 aromatic heterocycles. The zero-order valence-corrected chi connectivity index (χ0v) is 7.06. The molecule has 66 valence electrons. The summed E-state index contributed by atoms with van der Waals surface area (Å²) in [4.78, 5) is 8.59. The summed E-state index contributed by atoms with van der Waals surface area (Å²) in [5.74, 6) is 0.